The van der Waals surface area contributed by atoms with Gasteiger partial charge < -0.3 is 4.55 Å². The Kier molecular flexibility index (Phi) is 5.03. The molecule has 0 fully saturated rings. The number of nitrogens with zero attached hydrogens (tertiary/aromatic N) is 1. The summed E-state index contributed by atoms with van der Waals surface area (Å²) in [5.41, 5.74) is 1.50. The fourth-order valence-electron chi connectivity index (χ4n) is 1.02. The molecule has 5 nitrogen and oxygen atoms in total. The monoisotopic (exact) mass is 224 g/mol. The van der Waals surface area contributed by atoms with Crippen molar-refractivity contribution in [1.29, 1.82) is 0 Å². The van der Waals surface area contributed by atoms with Crippen molar-refractivity contribution in [3.8, 4) is 0 Å². The zero-order valence-electron chi connectivity index (χ0n) is 8.23. The molecule has 0 unspecified atom stereocenters. The summed E-state index contributed by atoms with van der Waals surface area (Å²) in [4.78, 5) is 3.83. The third-order valence-corrected chi connectivity index (χ3v) is 1.79. The third-order valence-electron chi connectivity index (χ3n) is 1.33. The number of aryl methyl sites for hydroxylation is 2. The minimum absolute atomic E-state index is 0. The van der Waals surface area contributed by atoms with Crippen LogP contribution in [0.5, 0.6) is 0 Å². The van der Waals surface area contributed by atoms with Crippen LogP contribution in [0.2, 0.25) is 0 Å². The average Bonchev–Trinajstić information content (AvgIpc) is 1.78. The van der Waals surface area contributed by atoms with Crippen molar-refractivity contribution in [3.05, 3.63) is 23.4 Å². The van der Waals surface area contributed by atoms with Crippen LogP contribution in [-0.4, -0.2) is 18.0 Å². The SMILES string of the molecule is Cc1cc(C)nc(NS(=O)(=O)[O-])c1.[Na+]. The first kappa shape index (κ1) is 13.9. The Hall–Kier alpha value is -0.140. The molecule has 14 heavy (non-hydrogen) atoms. The summed E-state index contributed by atoms with van der Waals surface area (Å²) in [6.07, 6.45) is 0. The number of hydrogen-bond donors (Lipinski definition) is 1. The van der Waals surface area contributed by atoms with E-state index in [1.165, 1.54) is 6.07 Å². The Morgan fingerprint density at radius 2 is 1.93 bits per heavy atom. The first-order valence-electron chi connectivity index (χ1n) is 3.56. The van der Waals surface area contributed by atoms with E-state index in [9.17, 15) is 13.0 Å². The van der Waals surface area contributed by atoms with E-state index in [-0.39, 0.29) is 35.4 Å². The van der Waals surface area contributed by atoms with Crippen LogP contribution in [0, 0.1) is 13.8 Å². The second-order valence-corrected chi connectivity index (χ2v) is 3.84. The number of rotatable bonds is 2. The van der Waals surface area contributed by atoms with Crippen molar-refractivity contribution in [2.75, 3.05) is 4.72 Å². The topological polar surface area (TPSA) is 82.1 Å². The fourth-order valence-corrected chi connectivity index (χ4v) is 1.38. The molecule has 0 bridgehead atoms. The zero-order valence-corrected chi connectivity index (χ0v) is 11.1. The van der Waals surface area contributed by atoms with Crippen LogP contribution in [0.1, 0.15) is 11.3 Å². The molecule has 0 saturated carbocycles. The number of aromatic nitrogens is 1. The summed E-state index contributed by atoms with van der Waals surface area (Å²) in [5, 5.41) is 0. The van der Waals surface area contributed by atoms with E-state index in [0.717, 1.165) is 5.56 Å². The van der Waals surface area contributed by atoms with E-state index in [4.69, 9.17) is 0 Å². The van der Waals surface area contributed by atoms with Crippen LogP contribution >= 0.6 is 0 Å². The molecule has 0 aromatic carbocycles. The summed E-state index contributed by atoms with van der Waals surface area (Å²) >= 11 is 0. The molecule has 0 atom stereocenters. The number of nitrogens with one attached hydrogen (secondary N) is 1. The molecule has 1 heterocycles. The normalized spacial score (nSPS) is 10.5. The molecule has 1 aromatic rings. The van der Waals surface area contributed by atoms with Gasteiger partial charge in [0.2, 0.25) is 0 Å². The van der Waals surface area contributed by atoms with E-state index in [1.54, 1.807) is 24.6 Å². The zero-order chi connectivity index (χ0) is 10.1. The predicted octanol–water partition coefficient (Wildman–Crippen LogP) is -2.43. The molecule has 0 amide bonds. The van der Waals surface area contributed by atoms with Crippen molar-refractivity contribution < 1.29 is 42.5 Å². The molecular formula is C7H9N2NaO3S. The molecule has 1 rings (SSSR count). The Labute approximate surface area is 105 Å². The van der Waals surface area contributed by atoms with Crippen LogP contribution < -0.4 is 34.3 Å². The molecule has 1 aromatic heterocycles. The maximum Gasteiger partial charge on any atom is 1.00 e. The minimum Gasteiger partial charge on any atom is -0.731 e. The van der Waals surface area contributed by atoms with Gasteiger partial charge in [0, 0.05) is 5.69 Å². The molecule has 0 saturated heterocycles. The van der Waals surface area contributed by atoms with Gasteiger partial charge in [-0.1, -0.05) is 0 Å². The molecule has 72 valence electrons. The maximum absolute atomic E-state index is 10.3. The molecule has 0 spiro atoms. The Balaban J connectivity index is 0.00000169. The third kappa shape index (κ3) is 4.92. The average molecular weight is 224 g/mol. The smallest absolute Gasteiger partial charge is 0.731 e. The molecular weight excluding hydrogens is 215 g/mol. The van der Waals surface area contributed by atoms with Gasteiger partial charge in [-0.05, 0) is 31.5 Å². The summed E-state index contributed by atoms with van der Waals surface area (Å²) in [6.45, 7) is 3.51. The van der Waals surface area contributed by atoms with Gasteiger partial charge in [-0.3, -0.25) is 4.72 Å². The minimum atomic E-state index is -4.47. The Morgan fingerprint density at radius 3 is 2.36 bits per heavy atom. The summed E-state index contributed by atoms with van der Waals surface area (Å²) < 4.78 is 32.7. The Bertz CT molecular complexity index is 399. The van der Waals surface area contributed by atoms with Crippen molar-refractivity contribution >= 4 is 16.1 Å². The summed E-state index contributed by atoms with van der Waals surface area (Å²) in [6, 6.07) is 3.27. The van der Waals surface area contributed by atoms with Crippen molar-refractivity contribution in [1.82, 2.24) is 4.98 Å². The second-order valence-electron chi connectivity index (χ2n) is 2.73. The van der Waals surface area contributed by atoms with E-state index in [2.05, 4.69) is 4.98 Å². The molecule has 1 N–H and O–H groups in total. The van der Waals surface area contributed by atoms with E-state index >= 15 is 0 Å². The van der Waals surface area contributed by atoms with Crippen molar-refractivity contribution in [2.24, 2.45) is 0 Å². The van der Waals surface area contributed by atoms with Crippen LogP contribution in [-0.2, 0) is 10.3 Å². The molecule has 0 aliphatic heterocycles. The molecule has 0 aliphatic rings. The second kappa shape index (κ2) is 5.09. The van der Waals surface area contributed by atoms with Crippen LogP contribution in [0.3, 0.4) is 0 Å². The van der Waals surface area contributed by atoms with Gasteiger partial charge in [0.25, 0.3) is 0 Å². The van der Waals surface area contributed by atoms with Crippen LogP contribution in [0.4, 0.5) is 5.82 Å². The molecule has 7 heteroatoms. The van der Waals surface area contributed by atoms with Gasteiger partial charge >= 0.3 is 29.6 Å². The molecule has 0 aliphatic carbocycles. The van der Waals surface area contributed by atoms with Crippen molar-refractivity contribution in [3.63, 3.8) is 0 Å². The van der Waals surface area contributed by atoms with Gasteiger partial charge in [0.05, 0.1) is 0 Å². The quantitative estimate of drug-likeness (QED) is 0.447. The van der Waals surface area contributed by atoms with Crippen LogP contribution in [0.15, 0.2) is 12.1 Å². The first-order valence-corrected chi connectivity index (χ1v) is 4.96. The number of anilines is 1. The van der Waals surface area contributed by atoms with Gasteiger partial charge in [-0.2, -0.15) is 0 Å². The number of hydrogen-bond acceptors (Lipinski definition) is 4. The standard InChI is InChI=1S/C7H10N2O3S.Na/c1-5-3-6(2)8-7(4-5)9-13(10,11)12;/h3-4H,1-2H3,(H,8,9)(H,10,11,12);/q;+1/p-1. The summed E-state index contributed by atoms with van der Waals surface area (Å²) in [7, 11) is -4.47. The van der Waals surface area contributed by atoms with Gasteiger partial charge in [-0.15, -0.1) is 0 Å². The van der Waals surface area contributed by atoms with Crippen molar-refractivity contribution in [2.45, 2.75) is 13.8 Å². The van der Waals surface area contributed by atoms with E-state index in [1.807, 2.05) is 0 Å². The van der Waals surface area contributed by atoms with E-state index in [0.29, 0.717) is 5.69 Å². The molecule has 0 radical (unpaired) electrons. The van der Waals surface area contributed by atoms with E-state index < -0.39 is 10.3 Å². The number of pyridine rings is 1. The first-order chi connectivity index (χ1) is 5.87. The fraction of sp³-hybridized carbons (Fsp3) is 0.286. The maximum atomic E-state index is 10.3. The summed E-state index contributed by atoms with van der Waals surface area (Å²) in [5.74, 6) is 0.0625. The van der Waals surface area contributed by atoms with Gasteiger partial charge in [0.15, 0.2) is 10.3 Å². The Morgan fingerprint density at radius 1 is 1.36 bits per heavy atom. The van der Waals surface area contributed by atoms with Gasteiger partial charge in [0.1, 0.15) is 5.82 Å². The largest absolute Gasteiger partial charge is 1.00 e. The predicted molar refractivity (Wildman–Crippen MR) is 47.0 cm³/mol. The van der Waals surface area contributed by atoms with Gasteiger partial charge in [-0.25, -0.2) is 13.4 Å². The van der Waals surface area contributed by atoms with Crippen LogP contribution in [0.25, 0.3) is 0 Å².